The number of carbonyl (C=O) groups is 2. The van der Waals surface area contributed by atoms with E-state index < -0.39 is 67.4 Å². The summed E-state index contributed by atoms with van der Waals surface area (Å²) in [7, 11) is 0. The smallest absolute Gasteiger partial charge is 0.306 e. The molecule has 8 unspecified atom stereocenters. The van der Waals surface area contributed by atoms with E-state index in [2.05, 4.69) is 142 Å². The summed E-state index contributed by atoms with van der Waals surface area (Å²) in [5.41, 5.74) is 0. The molecule has 1 aliphatic rings. The van der Waals surface area contributed by atoms with Crippen molar-refractivity contribution in [3.8, 4) is 0 Å². The summed E-state index contributed by atoms with van der Waals surface area (Å²) < 4.78 is 17.6. The third-order valence-corrected chi connectivity index (χ3v) is 14.2. The van der Waals surface area contributed by atoms with E-state index in [0.717, 1.165) is 122 Å². The van der Waals surface area contributed by atoms with Gasteiger partial charge in [0.2, 0.25) is 5.91 Å². The van der Waals surface area contributed by atoms with Gasteiger partial charge in [-0.05, 0) is 103 Å². The number of aliphatic hydroxyl groups excluding tert-OH is 5. The van der Waals surface area contributed by atoms with E-state index >= 15 is 0 Å². The number of esters is 1. The summed E-state index contributed by atoms with van der Waals surface area (Å²) in [6.07, 6.45) is 73.3. The van der Waals surface area contributed by atoms with E-state index in [-0.39, 0.29) is 19.4 Å². The highest BCUT2D eigenvalue weighted by Crippen LogP contribution is 2.26. The van der Waals surface area contributed by atoms with Crippen LogP contribution in [0, 0.1) is 0 Å². The standard InChI is InChI=1S/C72H117NO10/c1-4-7-10-13-16-19-22-24-26-28-30-31-32-33-34-35-36-38-40-42-45-48-51-54-57-60-67(77)83-70-69(79)68(78)66(61-74)82-72(70)81-62-63(64(75)58-55-52-49-46-43-21-18-15-12-9-6-3)73-71(80)65(76)59-56-53-50-47-44-41-39-37-29-27-25-23-20-17-14-11-8-5-2/h7-8,10-11,16-17,19-20,24-27,30-31,33-34,37,39,44,47,53,55-56,58,63-66,68-70,72,74-76,78-79H,4-6,9,12-15,18,21-23,28-29,32,35-36,38,40-43,45-46,48-52,54,57,59-62H2,1-3H3,(H,73,80)/b10-7-,11-8-,19-16-,20-17-,26-24-,27-25-,31-30-,34-33-,39-37-,47-44-,56-53-,58-55+. The Morgan fingerprint density at radius 3 is 1.30 bits per heavy atom. The second-order valence-electron chi connectivity index (χ2n) is 21.7. The lowest BCUT2D eigenvalue weighted by molar-refractivity contribution is -0.305. The van der Waals surface area contributed by atoms with Crippen LogP contribution in [0.3, 0.4) is 0 Å². The molecule has 0 aromatic rings. The minimum atomic E-state index is -1.64. The molecule has 11 nitrogen and oxygen atoms in total. The number of hydrogen-bond donors (Lipinski definition) is 6. The molecule has 0 saturated carbocycles. The number of ether oxygens (including phenoxy) is 3. The molecule has 0 aromatic carbocycles. The molecule has 1 fully saturated rings. The molecule has 1 rings (SSSR count). The highest BCUT2D eigenvalue weighted by Gasteiger charge is 2.47. The highest BCUT2D eigenvalue weighted by atomic mass is 16.7. The Morgan fingerprint density at radius 1 is 0.482 bits per heavy atom. The molecule has 0 radical (unpaired) electrons. The Bertz CT molecular complexity index is 1910. The van der Waals surface area contributed by atoms with Gasteiger partial charge in [0.25, 0.3) is 0 Å². The Morgan fingerprint density at radius 2 is 0.867 bits per heavy atom. The van der Waals surface area contributed by atoms with Gasteiger partial charge in [0, 0.05) is 12.8 Å². The molecule has 1 aliphatic heterocycles. The molecule has 83 heavy (non-hydrogen) atoms. The van der Waals surface area contributed by atoms with Gasteiger partial charge in [0.15, 0.2) is 12.4 Å². The quantitative estimate of drug-likeness (QED) is 0.0195. The first-order chi connectivity index (χ1) is 40.7. The second kappa shape index (κ2) is 57.9. The van der Waals surface area contributed by atoms with Crippen molar-refractivity contribution in [3.63, 3.8) is 0 Å². The van der Waals surface area contributed by atoms with Gasteiger partial charge >= 0.3 is 5.97 Å². The van der Waals surface area contributed by atoms with Gasteiger partial charge in [-0.2, -0.15) is 0 Å². The zero-order valence-electron chi connectivity index (χ0n) is 52.0. The molecule has 1 amide bonds. The summed E-state index contributed by atoms with van der Waals surface area (Å²) in [5, 5.41) is 56.9. The van der Waals surface area contributed by atoms with Gasteiger partial charge in [-0.1, -0.05) is 263 Å². The van der Waals surface area contributed by atoms with Crippen molar-refractivity contribution in [2.75, 3.05) is 13.2 Å². The summed E-state index contributed by atoms with van der Waals surface area (Å²) in [6.45, 7) is 5.49. The van der Waals surface area contributed by atoms with Crippen LogP contribution in [-0.4, -0.2) is 99.6 Å². The molecule has 0 spiro atoms. The van der Waals surface area contributed by atoms with Gasteiger partial charge in [-0.15, -0.1) is 0 Å². The van der Waals surface area contributed by atoms with Crippen LogP contribution in [0.4, 0.5) is 0 Å². The summed E-state index contributed by atoms with van der Waals surface area (Å²) >= 11 is 0. The van der Waals surface area contributed by atoms with E-state index in [1.165, 1.54) is 64.2 Å². The predicted molar refractivity (Wildman–Crippen MR) is 347 cm³/mol. The van der Waals surface area contributed by atoms with Crippen molar-refractivity contribution in [3.05, 3.63) is 146 Å². The number of unbranched alkanes of at least 4 members (excludes halogenated alkanes) is 18. The molecule has 6 N–H and O–H groups in total. The normalized spacial score (nSPS) is 19.5. The maximum absolute atomic E-state index is 13.4. The van der Waals surface area contributed by atoms with Crippen LogP contribution in [0.2, 0.25) is 0 Å². The summed E-state index contributed by atoms with van der Waals surface area (Å²) in [5.74, 6) is -1.30. The monoisotopic (exact) mass is 1160 g/mol. The van der Waals surface area contributed by atoms with Crippen LogP contribution in [0.1, 0.15) is 233 Å². The lowest BCUT2D eigenvalue weighted by Crippen LogP contribution is -2.61. The topological polar surface area (TPSA) is 175 Å². The van der Waals surface area contributed by atoms with Crippen LogP contribution in [0.15, 0.2) is 146 Å². The van der Waals surface area contributed by atoms with Gasteiger partial charge in [0.1, 0.15) is 24.4 Å². The predicted octanol–water partition coefficient (Wildman–Crippen LogP) is 16.2. The van der Waals surface area contributed by atoms with Gasteiger partial charge in [0.05, 0.1) is 25.4 Å². The van der Waals surface area contributed by atoms with Crippen LogP contribution >= 0.6 is 0 Å². The molecule has 470 valence electrons. The zero-order chi connectivity index (χ0) is 60.3. The molecule has 8 atom stereocenters. The Labute approximate surface area is 505 Å². The van der Waals surface area contributed by atoms with Gasteiger partial charge in [-0.3, -0.25) is 9.59 Å². The lowest BCUT2D eigenvalue weighted by atomic mass is 9.99. The molecular formula is C72H117NO10. The first-order valence-electron chi connectivity index (χ1n) is 32.6. The van der Waals surface area contributed by atoms with Crippen LogP contribution in [-0.2, 0) is 23.8 Å². The fraction of sp³-hybridized carbons (Fsp3) is 0.639. The number of nitrogens with one attached hydrogen (secondary N) is 1. The maximum Gasteiger partial charge on any atom is 0.306 e. The molecular weight excluding hydrogens is 1040 g/mol. The molecule has 1 heterocycles. The molecule has 11 heteroatoms. The Kier molecular flexibility index (Phi) is 53.4. The minimum absolute atomic E-state index is 0.0498. The maximum atomic E-state index is 13.4. The first kappa shape index (κ1) is 76.6. The van der Waals surface area contributed by atoms with Crippen molar-refractivity contribution in [2.45, 2.75) is 282 Å². The van der Waals surface area contributed by atoms with Crippen LogP contribution < -0.4 is 5.32 Å². The lowest BCUT2D eigenvalue weighted by Gasteiger charge is -2.41. The van der Waals surface area contributed by atoms with Crippen molar-refractivity contribution < 1.29 is 49.3 Å². The number of allylic oxidation sites excluding steroid dienone is 22. The average molecular weight is 1160 g/mol. The van der Waals surface area contributed by atoms with E-state index in [0.29, 0.717) is 12.8 Å². The number of carbonyl (C=O) groups excluding carboxylic acids is 2. The Balaban J connectivity index is 2.66. The minimum Gasteiger partial charge on any atom is -0.454 e. The van der Waals surface area contributed by atoms with Gasteiger partial charge in [-0.25, -0.2) is 0 Å². The SMILES string of the molecule is CC/C=C\C/C=C\C/C=C\C/C=C\C/C=C\C/C=C\CC(O)C(=O)NC(COC1OC(CO)C(O)C(O)C1OC(=O)CCCCCCCCCCC/C=C\C/C=C\C/C=C\C/C=C\C/C=C\CC)C(O)/C=C/CCCCCCCCCCC. The third kappa shape index (κ3) is 45.6. The molecule has 0 aliphatic carbocycles. The van der Waals surface area contributed by atoms with E-state index in [1.54, 1.807) is 12.2 Å². The third-order valence-electron chi connectivity index (χ3n) is 14.2. The second-order valence-corrected chi connectivity index (χ2v) is 21.7. The van der Waals surface area contributed by atoms with Crippen molar-refractivity contribution in [1.82, 2.24) is 5.32 Å². The first-order valence-corrected chi connectivity index (χ1v) is 32.6. The highest BCUT2D eigenvalue weighted by molar-refractivity contribution is 5.81. The number of aliphatic hydroxyl groups is 5. The van der Waals surface area contributed by atoms with Crippen LogP contribution in [0.5, 0.6) is 0 Å². The number of amides is 1. The van der Waals surface area contributed by atoms with E-state index in [9.17, 15) is 35.1 Å². The van der Waals surface area contributed by atoms with E-state index in [1.807, 2.05) is 18.2 Å². The summed E-state index contributed by atoms with van der Waals surface area (Å²) in [4.78, 5) is 26.6. The Hall–Kier alpha value is -4.46. The summed E-state index contributed by atoms with van der Waals surface area (Å²) in [6, 6.07) is -1.08. The van der Waals surface area contributed by atoms with Crippen molar-refractivity contribution >= 4 is 11.9 Å². The fourth-order valence-corrected chi connectivity index (χ4v) is 9.16. The van der Waals surface area contributed by atoms with Crippen LogP contribution in [0.25, 0.3) is 0 Å². The van der Waals surface area contributed by atoms with Gasteiger partial charge < -0.3 is 45.1 Å². The fourth-order valence-electron chi connectivity index (χ4n) is 9.16. The van der Waals surface area contributed by atoms with Crippen molar-refractivity contribution in [2.24, 2.45) is 0 Å². The van der Waals surface area contributed by atoms with Crippen molar-refractivity contribution in [1.29, 1.82) is 0 Å². The molecule has 0 aromatic heterocycles. The largest absolute Gasteiger partial charge is 0.454 e. The number of rotatable bonds is 53. The average Bonchev–Trinajstić information content (AvgIpc) is 3.64. The number of hydrogen-bond acceptors (Lipinski definition) is 10. The van der Waals surface area contributed by atoms with E-state index in [4.69, 9.17) is 14.2 Å². The molecule has 0 bridgehead atoms. The zero-order valence-corrected chi connectivity index (χ0v) is 52.0. The molecule has 1 saturated heterocycles.